The van der Waals surface area contributed by atoms with E-state index in [9.17, 15) is 33.6 Å². The maximum Gasteiger partial charge on any atom is 0.159 e. The largest absolute Gasteiger partial charge is 0.497 e. The predicted molar refractivity (Wildman–Crippen MR) is 247 cm³/mol. The van der Waals surface area contributed by atoms with Gasteiger partial charge in [0.2, 0.25) is 0 Å². The second-order valence-electron chi connectivity index (χ2n) is 13.8. The van der Waals surface area contributed by atoms with Crippen LogP contribution in [0.3, 0.4) is 0 Å². The third-order valence-electron chi connectivity index (χ3n) is 9.08. The number of carbonyl (C=O) groups excluding carboxylic acids is 7. The van der Waals surface area contributed by atoms with Crippen molar-refractivity contribution in [2.75, 3.05) is 21.3 Å². The fraction of sp³-hybridized carbons (Fsp3) is 0.189. The maximum absolute atomic E-state index is 10.9. The van der Waals surface area contributed by atoms with Gasteiger partial charge in [-0.05, 0) is 114 Å². The van der Waals surface area contributed by atoms with Crippen LogP contribution in [0.5, 0.6) is 17.2 Å². The van der Waals surface area contributed by atoms with E-state index >= 15 is 0 Å². The molecule has 0 radical (unpaired) electrons. The van der Waals surface area contributed by atoms with Crippen molar-refractivity contribution in [3.05, 3.63) is 185 Å². The summed E-state index contributed by atoms with van der Waals surface area (Å²) in [5, 5.41) is 0. The Morgan fingerprint density at radius 1 is 0.270 bits per heavy atom. The fourth-order valence-corrected chi connectivity index (χ4v) is 5.23. The third-order valence-corrected chi connectivity index (χ3v) is 9.08. The quantitative estimate of drug-likeness (QED) is 0.115. The van der Waals surface area contributed by atoms with Gasteiger partial charge in [-0.15, -0.1) is 0 Å². The predicted octanol–water partition coefficient (Wildman–Crippen LogP) is 11.5. The van der Waals surface area contributed by atoms with Gasteiger partial charge in [-0.25, -0.2) is 0 Å². The number of hydrogen-bond acceptors (Lipinski definition) is 10. The first-order valence-electron chi connectivity index (χ1n) is 19.7. The van der Waals surface area contributed by atoms with Crippen LogP contribution in [0.1, 0.15) is 121 Å². The number of hydrogen-bond donors (Lipinski definition) is 0. The van der Waals surface area contributed by atoms with E-state index in [1.165, 1.54) is 52.7 Å². The first-order valence-corrected chi connectivity index (χ1v) is 19.7. The molecule has 0 aliphatic rings. The van der Waals surface area contributed by atoms with Gasteiger partial charge < -0.3 is 14.2 Å². The molecule has 0 amide bonds. The molecule has 0 spiro atoms. The second-order valence-corrected chi connectivity index (χ2v) is 13.8. The SMILES string of the molecule is CC(=O)c1ccc(C(C)=O)cc1.CC(=O)c1ccc(C(C)=O)cc1.CC(=O)c1cccc(C(C)=O)c1.COc1ccc(-c2ccc(OC)cc2)cc1.COc1ccc(C(C)=O)cc1. The summed E-state index contributed by atoms with van der Waals surface area (Å²) in [6.45, 7) is 10.5. The first kappa shape index (κ1) is 51.6. The van der Waals surface area contributed by atoms with E-state index in [-0.39, 0.29) is 40.5 Å². The van der Waals surface area contributed by atoms with Crippen molar-refractivity contribution in [1.82, 2.24) is 0 Å². The molecular formula is C53H54O10. The molecule has 0 aliphatic carbocycles. The van der Waals surface area contributed by atoms with Gasteiger partial charge in [-0.2, -0.15) is 0 Å². The molecule has 10 nitrogen and oxygen atoms in total. The lowest BCUT2D eigenvalue weighted by Crippen LogP contribution is -1.96. The van der Waals surface area contributed by atoms with Crippen molar-refractivity contribution in [2.45, 2.75) is 48.5 Å². The van der Waals surface area contributed by atoms with Crippen LogP contribution in [0.2, 0.25) is 0 Å². The third kappa shape index (κ3) is 18.3. The van der Waals surface area contributed by atoms with Crippen molar-refractivity contribution in [1.29, 1.82) is 0 Å². The average molecular weight is 851 g/mol. The molecule has 6 aromatic rings. The molecule has 0 saturated carbocycles. The zero-order valence-corrected chi connectivity index (χ0v) is 37.4. The minimum atomic E-state index is -0.0156. The van der Waals surface area contributed by atoms with Gasteiger partial charge in [0.25, 0.3) is 0 Å². The first-order chi connectivity index (χ1) is 29.9. The van der Waals surface area contributed by atoms with Crippen molar-refractivity contribution in [3.63, 3.8) is 0 Å². The van der Waals surface area contributed by atoms with E-state index in [2.05, 4.69) is 0 Å². The summed E-state index contributed by atoms with van der Waals surface area (Å²) < 4.78 is 15.2. The summed E-state index contributed by atoms with van der Waals surface area (Å²) in [6, 6.07) is 43.1. The van der Waals surface area contributed by atoms with Crippen LogP contribution in [0, 0.1) is 0 Å². The van der Waals surface area contributed by atoms with Gasteiger partial charge in [0.1, 0.15) is 17.2 Å². The standard InChI is InChI=1S/C14H14O2.3C10H10O2.C9H10O2/c1-15-13-7-3-11(4-8-13)12-5-9-14(16-2)10-6-12;2*1-7(11)9-3-5-10(6-4-9)8(2)12;1-7(11)9-4-3-5-10(6-9)8(2)12;1-7(10)8-3-5-9(11-2)6-4-8/h3-10H,1-2H3;3*3-6H,1-2H3;3-6H,1-2H3. The topological polar surface area (TPSA) is 147 Å². The van der Waals surface area contributed by atoms with Crippen LogP contribution in [0.4, 0.5) is 0 Å². The van der Waals surface area contributed by atoms with E-state index in [1.54, 1.807) is 125 Å². The Hall–Kier alpha value is -7.59. The number of Topliss-reactive ketones (excluding diaryl/α,β-unsaturated/α-hetero) is 7. The Kier molecular flexibility index (Phi) is 21.8. The van der Waals surface area contributed by atoms with Gasteiger partial charge in [0, 0.05) is 38.9 Å². The molecule has 6 aromatic carbocycles. The fourth-order valence-electron chi connectivity index (χ4n) is 5.23. The molecule has 0 atom stereocenters. The van der Waals surface area contributed by atoms with Crippen molar-refractivity contribution in [2.24, 2.45) is 0 Å². The van der Waals surface area contributed by atoms with Gasteiger partial charge in [-0.3, -0.25) is 33.6 Å². The van der Waals surface area contributed by atoms with Crippen molar-refractivity contribution >= 4 is 40.5 Å². The molecule has 0 N–H and O–H groups in total. The lowest BCUT2D eigenvalue weighted by Gasteiger charge is -2.05. The van der Waals surface area contributed by atoms with E-state index in [1.807, 2.05) is 48.5 Å². The summed E-state index contributed by atoms with van der Waals surface area (Å²) >= 11 is 0. The number of benzene rings is 6. The number of ether oxygens (including phenoxy) is 3. The maximum atomic E-state index is 10.9. The van der Waals surface area contributed by atoms with E-state index < -0.39 is 0 Å². The molecule has 0 unspecified atom stereocenters. The highest BCUT2D eigenvalue weighted by molar-refractivity contribution is 6.00. The lowest BCUT2D eigenvalue weighted by atomic mass is 10.1. The van der Waals surface area contributed by atoms with Crippen LogP contribution in [-0.4, -0.2) is 61.8 Å². The van der Waals surface area contributed by atoms with Gasteiger partial charge in [-0.1, -0.05) is 91.0 Å². The second kappa shape index (κ2) is 26.6. The molecule has 0 fully saturated rings. The van der Waals surface area contributed by atoms with E-state index in [0.717, 1.165) is 17.2 Å². The summed E-state index contributed by atoms with van der Waals surface area (Å²) in [5.74, 6) is 2.64. The normalized spacial score (nSPS) is 9.56. The zero-order chi connectivity index (χ0) is 47.1. The average Bonchev–Trinajstić information content (AvgIpc) is 3.30. The van der Waals surface area contributed by atoms with Crippen LogP contribution in [-0.2, 0) is 0 Å². The Balaban J connectivity index is 0.000000273. The monoisotopic (exact) mass is 850 g/mol. The van der Waals surface area contributed by atoms with E-state index in [4.69, 9.17) is 14.2 Å². The van der Waals surface area contributed by atoms with Crippen LogP contribution >= 0.6 is 0 Å². The van der Waals surface area contributed by atoms with Gasteiger partial charge in [0.15, 0.2) is 40.5 Å². The molecular weight excluding hydrogens is 797 g/mol. The molecule has 0 heterocycles. The number of rotatable bonds is 11. The van der Waals surface area contributed by atoms with Crippen LogP contribution < -0.4 is 14.2 Å². The highest BCUT2D eigenvalue weighted by Gasteiger charge is 2.04. The Morgan fingerprint density at radius 2 is 0.460 bits per heavy atom. The highest BCUT2D eigenvalue weighted by Crippen LogP contribution is 2.24. The molecule has 0 bridgehead atoms. The smallest absolute Gasteiger partial charge is 0.159 e. The van der Waals surface area contributed by atoms with Crippen LogP contribution in [0.15, 0.2) is 146 Å². The molecule has 6 rings (SSSR count). The minimum Gasteiger partial charge on any atom is -0.497 e. The van der Waals surface area contributed by atoms with Crippen LogP contribution in [0.25, 0.3) is 11.1 Å². The number of carbonyl (C=O) groups is 7. The van der Waals surface area contributed by atoms with Gasteiger partial charge in [0.05, 0.1) is 21.3 Å². The zero-order valence-electron chi connectivity index (χ0n) is 37.4. The van der Waals surface area contributed by atoms with E-state index in [0.29, 0.717) is 38.9 Å². The van der Waals surface area contributed by atoms with Crippen molar-refractivity contribution < 1.29 is 47.8 Å². The lowest BCUT2D eigenvalue weighted by molar-refractivity contribution is 0.100. The molecule has 63 heavy (non-hydrogen) atoms. The number of methoxy groups -OCH3 is 3. The summed E-state index contributed by atoms with van der Waals surface area (Å²) in [6.07, 6.45) is 0. The Labute approximate surface area is 369 Å². The Bertz CT molecular complexity index is 2240. The molecule has 0 aromatic heterocycles. The van der Waals surface area contributed by atoms with Crippen molar-refractivity contribution in [3.8, 4) is 28.4 Å². The number of ketones is 7. The molecule has 0 aliphatic heterocycles. The van der Waals surface area contributed by atoms with Gasteiger partial charge >= 0.3 is 0 Å². The minimum absolute atomic E-state index is 0.0156. The highest BCUT2D eigenvalue weighted by atomic mass is 16.5. The molecule has 10 heteroatoms. The summed E-state index contributed by atoms with van der Waals surface area (Å²) in [5.41, 5.74) is 6.78. The summed E-state index contributed by atoms with van der Waals surface area (Å²) in [4.78, 5) is 76.0. The Morgan fingerprint density at radius 3 is 0.651 bits per heavy atom. The summed E-state index contributed by atoms with van der Waals surface area (Å²) in [7, 11) is 4.94. The molecule has 326 valence electrons. The molecule has 0 saturated heterocycles.